The number of nitrogens with zero attached hydrogens (tertiary/aromatic N) is 4. The molecule has 2 atom stereocenters. The Labute approximate surface area is 191 Å². The molecule has 4 rings (SSSR count). The molecule has 2 aromatic rings. The fourth-order valence-corrected chi connectivity index (χ4v) is 5.15. The average molecular weight is 457 g/mol. The molecule has 160 valence electrons. The van der Waals surface area contributed by atoms with Gasteiger partial charge in [0, 0.05) is 42.1 Å². The van der Waals surface area contributed by atoms with Crippen LogP contribution in [-0.2, 0) is 4.79 Å². The monoisotopic (exact) mass is 456 g/mol. The van der Waals surface area contributed by atoms with Crippen molar-refractivity contribution in [2.24, 2.45) is 0 Å². The molecule has 0 radical (unpaired) electrons. The predicted molar refractivity (Wildman–Crippen MR) is 120 cm³/mol. The summed E-state index contributed by atoms with van der Waals surface area (Å²) in [5.74, 6) is -0.542. The minimum Gasteiger partial charge on any atom is -0.310 e. The fraction of sp³-hybridized carbons (Fsp3) is 0.348. The quantitative estimate of drug-likeness (QED) is 0.637. The van der Waals surface area contributed by atoms with Crippen LogP contribution in [0.4, 0.5) is 10.5 Å². The highest BCUT2D eigenvalue weighted by molar-refractivity contribution is 6.35. The summed E-state index contributed by atoms with van der Waals surface area (Å²) >= 11 is 12.3. The van der Waals surface area contributed by atoms with Crippen LogP contribution < -0.4 is 4.90 Å². The van der Waals surface area contributed by atoms with Gasteiger partial charge in [0.25, 0.3) is 5.91 Å². The van der Waals surface area contributed by atoms with Crippen molar-refractivity contribution in [3.63, 3.8) is 0 Å². The van der Waals surface area contributed by atoms with Gasteiger partial charge in [-0.25, -0.2) is 9.69 Å². The zero-order valence-electron chi connectivity index (χ0n) is 17.5. The number of likely N-dealkylation sites (N-methyl/N-ethyl adjacent to an activating group) is 1. The number of hydrogen-bond acceptors (Lipinski definition) is 4. The van der Waals surface area contributed by atoms with Gasteiger partial charge in [0.05, 0.1) is 17.3 Å². The van der Waals surface area contributed by atoms with E-state index in [1.54, 1.807) is 42.3 Å². The molecule has 0 saturated carbocycles. The molecule has 2 heterocycles. The molecule has 2 saturated heterocycles. The number of carbonyl (C=O) groups is 2. The van der Waals surface area contributed by atoms with Gasteiger partial charge in [-0.15, -0.1) is 0 Å². The molecular formula is C23H22Cl2N4O2. The summed E-state index contributed by atoms with van der Waals surface area (Å²) in [7, 11) is 1.67. The Balaban J connectivity index is 1.83. The fourth-order valence-electron chi connectivity index (χ4n) is 4.63. The van der Waals surface area contributed by atoms with Crippen molar-refractivity contribution in [1.29, 1.82) is 5.26 Å². The standard InChI is InChI=1S/C23H22Cl2N4O2/c1-14(2)28-12-20(16-6-4-15(11-26)5-7-16)23(13-28)21(30)29(22(31)27(23)3)19-9-17(24)8-18(25)10-19/h4-10,14,20H,12-13H2,1-3H3. The molecule has 2 aromatic carbocycles. The summed E-state index contributed by atoms with van der Waals surface area (Å²) in [4.78, 5) is 32.2. The van der Waals surface area contributed by atoms with E-state index in [9.17, 15) is 9.59 Å². The maximum absolute atomic E-state index is 13.9. The number of anilines is 1. The van der Waals surface area contributed by atoms with Crippen molar-refractivity contribution in [2.45, 2.75) is 31.3 Å². The summed E-state index contributed by atoms with van der Waals surface area (Å²) < 4.78 is 0. The van der Waals surface area contributed by atoms with Crippen molar-refractivity contribution in [2.75, 3.05) is 25.0 Å². The first-order chi connectivity index (χ1) is 14.7. The third-order valence-corrected chi connectivity index (χ3v) is 6.80. The number of amides is 3. The van der Waals surface area contributed by atoms with Gasteiger partial charge in [0.2, 0.25) is 0 Å². The maximum Gasteiger partial charge on any atom is 0.332 e. The molecule has 0 N–H and O–H groups in total. The van der Waals surface area contributed by atoms with Crippen molar-refractivity contribution < 1.29 is 9.59 Å². The summed E-state index contributed by atoms with van der Waals surface area (Å²) in [5, 5.41) is 9.85. The molecule has 31 heavy (non-hydrogen) atoms. The predicted octanol–water partition coefficient (Wildman–Crippen LogP) is 4.51. The summed E-state index contributed by atoms with van der Waals surface area (Å²) in [5.41, 5.74) is 0.762. The second kappa shape index (κ2) is 7.83. The molecule has 2 aliphatic heterocycles. The number of carbonyl (C=O) groups excluding carboxylic acids is 2. The summed E-state index contributed by atoms with van der Waals surface area (Å²) in [6, 6.07) is 13.9. The molecule has 2 fully saturated rings. The average Bonchev–Trinajstić information content (AvgIpc) is 3.21. The van der Waals surface area contributed by atoms with E-state index in [2.05, 4.69) is 24.8 Å². The van der Waals surface area contributed by atoms with Crippen LogP contribution >= 0.6 is 23.2 Å². The van der Waals surface area contributed by atoms with Gasteiger partial charge in [-0.1, -0.05) is 35.3 Å². The lowest BCUT2D eigenvalue weighted by atomic mass is 9.80. The van der Waals surface area contributed by atoms with Crippen LogP contribution in [0.25, 0.3) is 0 Å². The number of rotatable bonds is 3. The summed E-state index contributed by atoms with van der Waals surface area (Å²) in [6.45, 7) is 5.19. The van der Waals surface area contributed by atoms with Gasteiger partial charge in [-0.05, 0) is 49.7 Å². The Bertz CT molecular complexity index is 1080. The van der Waals surface area contributed by atoms with Crippen molar-refractivity contribution in [3.05, 3.63) is 63.6 Å². The van der Waals surface area contributed by atoms with Crippen LogP contribution in [0.3, 0.4) is 0 Å². The first-order valence-corrected chi connectivity index (χ1v) is 10.8. The normalized spacial score (nSPS) is 24.0. The lowest BCUT2D eigenvalue weighted by molar-refractivity contribution is -0.124. The zero-order valence-corrected chi connectivity index (χ0v) is 19.0. The third kappa shape index (κ3) is 3.38. The molecule has 0 aromatic heterocycles. The number of halogens is 2. The third-order valence-electron chi connectivity index (χ3n) is 6.37. The minimum absolute atomic E-state index is 0.200. The van der Waals surface area contributed by atoms with Crippen molar-refractivity contribution >= 4 is 40.8 Å². The molecule has 0 aliphatic carbocycles. The summed E-state index contributed by atoms with van der Waals surface area (Å²) in [6.07, 6.45) is 0. The lowest BCUT2D eigenvalue weighted by Gasteiger charge is -2.34. The van der Waals surface area contributed by atoms with Crippen molar-refractivity contribution in [3.8, 4) is 6.07 Å². The molecule has 1 spiro atoms. The van der Waals surface area contributed by atoms with E-state index in [4.69, 9.17) is 28.5 Å². The number of hydrogen-bond donors (Lipinski definition) is 0. The number of imide groups is 1. The van der Waals surface area contributed by atoms with Crippen LogP contribution in [0.1, 0.15) is 30.9 Å². The minimum atomic E-state index is -1.07. The van der Waals surface area contributed by atoms with Gasteiger partial charge in [0.1, 0.15) is 5.54 Å². The van der Waals surface area contributed by atoms with Gasteiger partial charge in [-0.3, -0.25) is 9.69 Å². The van der Waals surface area contributed by atoms with Crippen LogP contribution in [0.15, 0.2) is 42.5 Å². The Morgan fingerprint density at radius 3 is 2.26 bits per heavy atom. The van der Waals surface area contributed by atoms with Gasteiger partial charge in [0.15, 0.2) is 0 Å². The zero-order chi connectivity index (χ0) is 22.5. The molecule has 6 nitrogen and oxygen atoms in total. The van der Waals surface area contributed by atoms with Crippen molar-refractivity contribution in [1.82, 2.24) is 9.80 Å². The number of likely N-dealkylation sites (tertiary alicyclic amines) is 1. The lowest BCUT2D eigenvalue weighted by Crippen LogP contribution is -2.54. The smallest absolute Gasteiger partial charge is 0.310 e. The van der Waals surface area contributed by atoms with E-state index in [0.29, 0.717) is 34.4 Å². The Kier molecular flexibility index (Phi) is 5.47. The van der Waals surface area contributed by atoms with Crippen LogP contribution in [0.5, 0.6) is 0 Å². The Hall–Kier alpha value is -2.59. The second-order valence-electron chi connectivity index (χ2n) is 8.34. The van der Waals surface area contributed by atoms with Crippen LogP contribution in [-0.4, -0.2) is 53.5 Å². The Morgan fingerprint density at radius 1 is 1.10 bits per heavy atom. The van der Waals surface area contributed by atoms with E-state index in [1.165, 1.54) is 4.90 Å². The molecule has 3 amide bonds. The SMILES string of the molecule is CC(C)N1CC(c2ccc(C#N)cc2)C2(C1)C(=O)N(c1cc(Cl)cc(Cl)c1)C(=O)N2C. The van der Waals surface area contributed by atoms with E-state index < -0.39 is 11.6 Å². The van der Waals surface area contributed by atoms with Crippen LogP contribution in [0.2, 0.25) is 10.0 Å². The van der Waals surface area contributed by atoms with Gasteiger partial charge >= 0.3 is 6.03 Å². The molecule has 2 aliphatic rings. The van der Waals surface area contributed by atoms with E-state index in [1.807, 2.05) is 12.1 Å². The number of nitriles is 1. The molecule has 8 heteroatoms. The highest BCUT2D eigenvalue weighted by atomic mass is 35.5. The number of benzene rings is 2. The topological polar surface area (TPSA) is 67.6 Å². The van der Waals surface area contributed by atoms with Crippen LogP contribution in [0, 0.1) is 11.3 Å². The van der Waals surface area contributed by atoms with Gasteiger partial charge in [-0.2, -0.15) is 5.26 Å². The largest absolute Gasteiger partial charge is 0.332 e. The van der Waals surface area contributed by atoms with E-state index in [-0.39, 0.29) is 17.9 Å². The highest BCUT2D eigenvalue weighted by Crippen LogP contribution is 2.47. The maximum atomic E-state index is 13.9. The highest BCUT2D eigenvalue weighted by Gasteiger charge is 2.64. The molecular weight excluding hydrogens is 435 g/mol. The van der Waals surface area contributed by atoms with Gasteiger partial charge < -0.3 is 4.90 Å². The first-order valence-electron chi connectivity index (χ1n) is 10.0. The van der Waals surface area contributed by atoms with E-state index in [0.717, 1.165) is 5.56 Å². The number of urea groups is 1. The first kappa shape index (κ1) is 21.6. The molecule has 2 unspecified atom stereocenters. The second-order valence-corrected chi connectivity index (χ2v) is 9.22. The molecule has 0 bridgehead atoms. The Morgan fingerprint density at radius 2 is 1.71 bits per heavy atom. The van der Waals surface area contributed by atoms with E-state index >= 15 is 0 Å².